The van der Waals surface area contributed by atoms with Crippen LogP contribution in [0.3, 0.4) is 0 Å². The van der Waals surface area contributed by atoms with Crippen LogP contribution in [0.2, 0.25) is 0 Å². The molecule has 0 heterocycles. The first kappa shape index (κ1) is 15.7. The summed E-state index contributed by atoms with van der Waals surface area (Å²) >= 11 is 0. The predicted octanol–water partition coefficient (Wildman–Crippen LogP) is 4.34. The number of benzene rings is 2. The van der Waals surface area contributed by atoms with E-state index < -0.39 is 0 Å². The molecule has 2 rings (SSSR count). The summed E-state index contributed by atoms with van der Waals surface area (Å²) < 4.78 is 0. The van der Waals surface area contributed by atoms with Crippen LogP contribution in [0.5, 0.6) is 0 Å². The zero-order valence-corrected chi connectivity index (χ0v) is 13.0. The van der Waals surface area contributed by atoms with Gasteiger partial charge in [-0.2, -0.15) is 0 Å². The lowest BCUT2D eigenvalue weighted by molar-refractivity contribution is 0.498. The van der Waals surface area contributed by atoms with Gasteiger partial charge in [0.05, 0.1) is 0 Å². The van der Waals surface area contributed by atoms with Crippen molar-refractivity contribution in [3.8, 4) is 0 Å². The number of rotatable bonds is 7. The molecule has 0 fully saturated rings. The minimum atomic E-state index is 0.231. The topological polar surface area (TPSA) is 38.0 Å². The number of nitrogens with two attached hydrogens (primary N) is 1. The Hall–Kier alpha value is -1.64. The Balaban J connectivity index is 1.90. The van der Waals surface area contributed by atoms with Crippen LogP contribution in [0.1, 0.15) is 55.3 Å². The molecule has 2 nitrogen and oxygen atoms in total. The first-order valence-electron chi connectivity index (χ1n) is 7.80. The second-order valence-corrected chi connectivity index (χ2v) is 5.92. The highest BCUT2D eigenvalue weighted by atomic mass is 15.2. The molecule has 0 radical (unpaired) electrons. The maximum absolute atomic E-state index is 5.73. The molecule has 0 amide bonds. The Kier molecular flexibility index (Phi) is 5.97. The number of nitrogens with one attached hydrogen (secondary N) is 1. The fourth-order valence-corrected chi connectivity index (χ4v) is 2.61. The molecule has 0 bridgehead atoms. The predicted molar refractivity (Wildman–Crippen MR) is 90.0 cm³/mol. The van der Waals surface area contributed by atoms with E-state index >= 15 is 0 Å². The van der Waals surface area contributed by atoms with Gasteiger partial charge in [0.15, 0.2) is 0 Å². The minimum Gasteiger partial charge on any atom is -0.271 e. The van der Waals surface area contributed by atoms with E-state index in [-0.39, 0.29) is 6.04 Å². The SMILES string of the molecule is CC(C)c1ccc(C(CCCc2ccccc2)NN)cc1. The van der Waals surface area contributed by atoms with Crippen LogP contribution in [0.4, 0.5) is 0 Å². The molecule has 1 atom stereocenters. The standard InChI is InChI=1S/C19H26N2/c1-15(2)17-11-13-18(14-12-17)19(21-20)10-6-9-16-7-4-3-5-8-16/h3-5,7-8,11-15,19,21H,6,9-10,20H2,1-2H3. The van der Waals surface area contributed by atoms with Crippen molar-refractivity contribution in [1.82, 2.24) is 5.43 Å². The molecule has 0 aliphatic heterocycles. The first-order valence-corrected chi connectivity index (χ1v) is 7.80. The van der Waals surface area contributed by atoms with E-state index in [1.165, 1.54) is 16.7 Å². The van der Waals surface area contributed by atoms with Gasteiger partial charge in [-0.15, -0.1) is 0 Å². The Morgan fingerprint density at radius 1 is 0.905 bits per heavy atom. The quantitative estimate of drug-likeness (QED) is 0.585. The molecule has 112 valence electrons. The van der Waals surface area contributed by atoms with Crippen LogP contribution in [0.15, 0.2) is 54.6 Å². The van der Waals surface area contributed by atoms with Gasteiger partial charge in [-0.05, 0) is 41.9 Å². The van der Waals surface area contributed by atoms with Crippen LogP contribution in [-0.2, 0) is 6.42 Å². The summed E-state index contributed by atoms with van der Waals surface area (Å²) in [7, 11) is 0. The summed E-state index contributed by atoms with van der Waals surface area (Å²) in [5.74, 6) is 6.30. The highest BCUT2D eigenvalue weighted by molar-refractivity contribution is 5.26. The normalized spacial score (nSPS) is 12.6. The van der Waals surface area contributed by atoms with Crippen molar-refractivity contribution in [1.29, 1.82) is 0 Å². The van der Waals surface area contributed by atoms with E-state index in [4.69, 9.17) is 5.84 Å². The van der Waals surface area contributed by atoms with E-state index in [1.54, 1.807) is 0 Å². The molecule has 0 saturated heterocycles. The Bertz CT molecular complexity index is 517. The lowest BCUT2D eigenvalue weighted by Gasteiger charge is -2.17. The van der Waals surface area contributed by atoms with Gasteiger partial charge < -0.3 is 0 Å². The van der Waals surface area contributed by atoms with Crippen LogP contribution in [0, 0.1) is 0 Å². The third kappa shape index (κ3) is 4.69. The molecule has 0 aromatic heterocycles. The van der Waals surface area contributed by atoms with Crippen molar-refractivity contribution in [3.63, 3.8) is 0 Å². The van der Waals surface area contributed by atoms with Crippen molar-refractivity contribution >= 4 is 0 Å². The Labute approximate surface area is 128 Å². The highest BCUT2D eigenvalue weighted by Gasteiger charge is 2.10. The zero-order valence-electron chi connectivity index (χ0n) is 13.0. The average molecular weight is 282 g/mol. The van der Waals surface area contributed by atoms with Gasteiger partial charge in [-0.1, -0.05) is 68.4 Å². The summed E-state index contributed by atoms with van der Waals surface area (Å²) in [6, 6.07) is 19.7. The van der Waals surface area contributed by atoms with Crippen molar-refractivity contribution in [2.45, 2.75) is 45.1 Å². The van der Waals surface area contributed by atoms with Gasteiger partial charge in [0.2, 0.25) is 0 Å². The molecule has 0 aliphatic carbocycles. The Morgan fingerprint density at radius 3 is 2.10 bits per heavy atom. The van der Waals surface area contributed by atoms with Crippen LogP contribution >= 0.6 is 0 Å². The van der Waals surface area contributed by atoms with Gasteiger partial charge >= 0.3 is 0 Å². The summed E-state index contributed by atoms with van der Waals surface area (Å²) in [6.07, 6.45) is 3.28. The van der Waals surface area contributed by atoms with E-state index in [0.29, 0.717) is 5.92 Å². The monoisotopic (exact) mass is 282 g/mol. The van der Waals surface area contributed by atoms with Gasteiger partial charge in [0.25, 0.3) is 0 Å². The number of hydrazine groups is 1. The largest absolute Gasteiger partial charge is 0.271 e. The molecule has 0 aliphatic rings. The highest BCUT2D eigenvalue weighted by Crippen LogP contribution is 2.22. The first-order chi connectivity index (χ1) is 10.2. The molecule has 3 N–H and O–H groups in total. The third-order valence-corrected chi connectivity index (χ3v) is 4.01. The lowest BCUT2D eigenvalue weighted by Crippen LogP contribution is -2.28. The van der Waals surface area contributed by atoms with Crippen LogP contribution in [0.25, 0.3) is 0 Å². The number of hydrogen-bond acceptors (Lipinski definition) is 2. The minimum absolute atomic E-state index is 0.231. The molecule has 2 heteroatoms. The van der Waals surface area contributed by atoms with Crippen molar-refractivity contribution in [3.05, 3.63) is 71.3 Å². The fourth-order valence-electron chi connectivity index (χ4n) is 2.61. The average Bonchev–Trinajstić information content (AvgIpc) is 2.53. The van der Waals surface area contributed by atoms with Gasteiger partial charge in [0.1, 0.15) is 0 Å². The Morgan fingerprint density at radius 2 is 1.52 bits per heavy atom. The zero-order chi connectivity index (χ0) is 15.1. The van der Waals surface area contributed by atoms with Gasteiger partial charge in [0, 0.05) is 6.04 Å². The van der Waals surface area contributed by atoms with E-state index in [0.717, 1.165) is 19.3 Å². The molecule has 2 aromatic carbocycles. The van der Waals surface area contributed by atoms with Gasteiger partial charge in [-0.3, -0.25) is 11.3 Å². The third-order valence-electron chi connectivity index (χ3n) is 4.01. The van der Waals surface area contributed by atoms with E-state index in [9.17, 15) is 0 Å². The van der Waals surface area contributed by atoms with Crippen molar-refractivity contribution in [2.24, 2.45) is 5.84 Å². The molecular formula is C19H26N2. The molecule has 0 saturated carbocycles. The lowest BCUT2D eigenvalue weighted by atomic mass is 9.96. The van der Waals surface area contributed by atoms with Crippen LogP contribution in [-0.4, -0.2) is 0 Å². The fraction of sp³-hybridized carbons (Fsp3) is 0.368. The van der Waals surface area contributed by atoms with Crippen LogP contribution < -0.4 is 11.3 Å². The number of aryl methyl sites for hydroxylation is 1. The van der Waals surface area contributed by atoms with E-state index in [1.807, 2.05) is 0 Å². The summed E-state index contributed by atoms with van der Waals surface area (Å²) in [5, 5.41) is 0. The summed E-state index contributed by atoms with van der Waals surface area (Å²) in [5.41, 5.74) is 6.99. The number of hydrogen-bond donors (Lipinski definition) is 2. The summed E-state index contributed by atoms with van der Waals surface area (Å²) in [4.78, 5) is 0. The molecule has 1 unspecified atom stereocenters. The molecule has 0 spiro atoms. The maximum Gasteiger partial charge on any atom is 0.0460 e. The molecular weight excluding hydrogens is 256 g/mol. The summed E-state index contributed by atoms with van der Waals surface area (Å²) in [6.45, 7) is 4.43. The smallest absolute Gasteiger partial charge is 0.0460 e. The molecule has 21 heavy (non-hydrogen) atoms. The second kappa shape index (κ2) is 7.96. The van der Waals surface area contributed by atoms with Gasteiger partial charge in [-0.25, -0.2) is 0 Å². The van der Waals surface area contributed by atoms with E-state index in [2.05, 4.69) is 73.9 Å². The van der Waals surface area contributed by atoms with Crippen molar-refractivity contribution < 1.29 is 0 Å². The van der Waals surface area contributed by atoms with Crippen molar-refractivity contribution in [2.75, 3.05) is 0 Å². The maximum atomic E-state index is 5.73. The molecule has 2 aromatic rings. The second-order valence-electron chi connectivity index (χ2n) is 5.92.